The van der Waals surface area contributed by atoms with Gasteiger partial charge in [-0.1, -0.05) is 25.8 Å². The lowest BCUT2D eigenvalue weighted by atomic mass is 9.86. The standard InChI is InChI=1S/C27H38N2O7S2/c1-20-7-4-5-9-25(20)29(19-21-10-15-26(34-2)27(17-21)35-3)38(32,33)24-13-11-23(12-14-24)37(30,31)28-18-22-8-6-16-36-22/h10-15,17,20,22,25,28H,4-9,16,18-19H2,1-3H3/t20-,22+,25+/m0/s1. The number of hydrogen-bond acceptors (Lipinski definition) is 7. The molecule has 0 aromatic heterocycles. The fraction of sp³-hybridized carbons (Fsp3) is 0.556. The molecule has 0 amide bonds. The summed E-state index contributed by atoms with van der Waals surface area (Å²) in [6.07, 6.45) is 5.36. The van der Waals surface area contributed by atoms with Crippen LogP contribution in [0.1, 0.15) is 51.0 Å². The highest BCUT2D eigenvalue weighted by Crippen LogP contribution is 2.35. The van der Waals surface area contributed by atoms with Crippen LogP contribution in [-0.2, 0) is 31.3 Å². The molecule has 0 spiro atoms. The SMILES string of the molecule is COc1ccc(CN([C@@H]2CCCC[C@@H]2C)S(=O)(=O)c2ccc(S(=O)(=O)NC[C@H]3CCCO3)cc2)cc1OC. The van der Waals surface area contributed by atoms with E-state index in [9.17, 15) is 16.8 Å². The molecule has 0 bridgehead atoms. The Hall–Kier alpha value is -2.18. The number of sulfonamides is 2. The zero-order valence-electron chi connectivity index (χ0n) is 22.3. The molecule has 2 aliphatic rings. The summed E-state index contributed by atoms with van der Waals surface area (Å²) in [6, 6.07) is 10.7. The highest BCUT2D eigenvalue weighted by molar-refractivity contribution is 7.89. The maximum Gasteiger partial charge on any atom is 0.243 e. The van der Waals surface area contributed by atoms with Crippen molar-refractivity contribution in [2.24, 2.45) is 5.92 Å². The Labute approximate surface area is 226 Å². The van der Waals surface area contributed by atoms with Crippen LogP contribution in [0.5, 0.6) is 11.5 Å². The predicted molar refractivity (Wildman–Crippen MR) is 144 cm³/mol. The number of hydrogen-bond donors (Lipinski definition) is 1. The van der Waals surface area contributed by atoms with Crippen molar-refractivity contribution in [1.29, 1.82) is 0 Å². The summed E-state index contributed by atoms with van der Waals surface area (Å²) in [7, 11) is -4.61. The third-order valence-electron chi connectivity index (χ3n) is 7.49. The largest absolute Gasteiger partial charge is 0.493 e. The number of nitrogens with zero attached hydrogens (tertiary/aromatic N) is 1. The Kier molecular flexibility index (Phi) is 9.36. The average Bonchev–Trinajstić information content (AvgIpc) is 3.45. The molecule has 1 saturated heterocycles. The van der Waals surface area contributed by atoms with E-state index in [4.69, 9.17) is 14.2 Å². The van der Waals surface area contributed by atoms with E-state index >= 15 is 0 Å². The van der Waals surface area contributed by atoms with E-state index in [-0.39, 0.29) is 40.9 Å². The van der Waals surface area contributed by atoms with Gasteiger partial charge in [-0.15, -0.1) is 0 Å². The van der Waals surface area contributed by atoms with Crippen molar-refractivity contribution in [2.75, 3.05) is 27.4 Å². The van der Waals surface area contributed by atoms with E-state index in [1.54, 1.807) is 30.7 Å². The van der Waals surface area contributed by atoms with Gasteiger partial charge in [0.25, 0.3) is 0 Å². The third-order valence-corrected chi connectivity index (χ3v) is 10.8. The minimum Gasteiger partial charge on any atom is -0.493 e. The number of methoxy groups -OCH3 is 2. The van der Waals surface area contributed by atoms with Gasteiger partial charge in [0.2, 0.25) is 20.0 Å². The molecule has 11 heteroatoms. The smallest absolute Gasteiger partial charge is 0.243 e. The first-order valence-electron chi connectivity index (χ1n) is 13.1. The van der Waals surface area contributed by atoms with Crippen molar-refractivity contribution in [2.45, 2.75) is 73.9 Å². The van der Waals surface area contributed by atoms with Gasteiger partial charge in [-0.25, -0.2) is 21.6 Å². The lowest BCUT2D eigenvalue weighted by Gasteiger charge is -2.38. The molecule has 0 unspecified atom stereocenters. The summed E-state index contributed by atoms with van der Waals surface area (Å²) in [4.78, 5) is 0.0840. The van der Waals surface area contributed by atoms with Gasteiger partial charge in [-0.2, -0.15) is 4.31 Å². The van der Waals surface area contributed by atoms with Crippen LogP contribution in [0.3, 0.4) is 0 Å². The Balaban J connectivity index is 1.60. The second-order valence-electron chi connectivity index (χ2n) is 10.0. The summed E-state index contributed by atoms with van der Waals surface area (Å²) in [6.45, 7) is 3.09. The fourth-order valence-electron chi connectivity index (χ4n) is 5.28. The molecule has 1 N–H and O–H groups in total. The van der Waals surface area contributed by atoms with Crippen LogP contribution >= 0.6 is 0 Å². The molecule has 0 radical (unpaired) electrons. The molecule has 3 atom stereocenters. The van der Waals surface area contributed by atoms with Gasteiger partial charge in [0.1, 0.15) is 0 Å². The number of benzene rings is 2. The maximum absolute atomic E-state index is 14.0. The lowest BCUT2D eigenvalue weighted by Crippen LogP contribution is -2.44. The van der Waals surface area contributed by atoms with Gasteiger partial charge in [-0.05, 0) is 73.6 Å². The van der Waals surface area contributed by atoms with Crippen LogP contribution < -0.4 is 14.2 Å². The van der Waals surface area contributed by atoms with Gasteiger partial charge in [-0.3, -0.25) is 0 Å². The van der Waals surface area contributed by atoms with E-state index in [1.165, 1.54) is 24.3 Å². The van der Waals surface area contributed by atoms with E-state index in [0.717, 1.165) is 44.1 Å². The first kappa shape index (κ1) is 28.8. The maximum atomic E-state index is 14.0. The highest BCUT2D eigenvalue weighted by atomic mass is 32.2. The molecule has 1 aliphatic carbocycles. The molecule has 2 aromatic carbocycles. The second-order valence-corrected chi connectivity index (χ2v) is 13.7. The van der Waals surface area contributed by atoms with Gasteiger partial charge in [0.15, 0.2) is 11.5 Å². The van der Waals surface area contributed by atoms with Crippen molar-refractivity contribution in [3.05, 3.63) is 48.0 Å². The normalized spacial score (nSPS) is 22.5. The summed E-state index contributed by atoms with van der Waals surface area (Å²) in [5.41, 5.74) is 0.779. The molecule has 38 heavy (non-hydrogen) atoms. The van der Waals surface area contributed by atoms with Crippen molar-refractivity contribution in [1.82, 2.24) is 9.03 Å². The summed E-state index contributed by atoms with van der Waals surface area (Å²) in [5, 5.41) is 0. The first-order chi connectivity index (χ1) is 18.2. The van der Waals surface area contributed by atoms with Crippen LogP contribution in [0.15, 0.2) is 52.3 Å². The zero-order valence-corrected chi connectivity index (χ0v) is 23.9. The van der Waals surface area contributed by atoms with Crippen LogP contribution in [0.25, 0.3) is 0 Å². The summed E-state index contributed by atoms with van der Waals surface area (Å²) >= 11 is 0. The van der Waals surface area contributed by atoms with E-state index < -0.39 is 20.0 Å². The Morgan fingerprint density at radius 3 is 2.21 bits per heavy atom. The summed E-state index contributed by atoms with van der Waals surface area (Å²) in [5.74, 6) is 1.30. The predicted octanol–water partition coefficient (Wildman–Crippen LogP) is 3.93. The van der Waals surface area contributed by atoms with E-state index in [2.05, 4.69) is 11.6 Å². The highest BCUT2D eigenvalue weighted by Gasteiger charge is 2.36. The second kappa shape index (κ2) is 12.3. The van der Waals surface area contributed by atoms with Gasteiger partial charge < -0.3 is 14.2 Å². The van der Waals surface area contributed by atoms with Gasteiger partial charge >= 0.3 is 0 Å². The van der Waals surface area contributed by atoms with Crippen LogP contribution in [0.4, 0.5) is 0 Å². The van der Waals surface area contributed by atoms with E-state index in [1.807, 2.05) is 6.07 Å². The van der Waals surface area contributed by atoms with Crippen molar-refractivity contribution in [3.63, 3.8) is 0 Å². The molecule has 9 nitrogen and oxygen atoms in total. The van der Waals surface area contributed by atoms with Gasteiger partial charge in [0, 0.05) is 25.7 Å². The topological polar surface area (TPSA) is 111 Å². The Morgan fingerprint density at radius 2 is 1.58 bits per heavy atom. The molecule has 1 aliphatic heterocycles. The quantitative estimate of drug-likeness (QED) is 0.439. The molecule has 210 valence electrons. The first-order valence-corrected chi connectivity index (χ1v) is 16.0. The fourth-order valence-corrected chi connectivity index (χ4v) is 8.09. The molecular weight excluding hydrogens is 528 g/mol. The Bertz CT molecular complexity index is 1290. The van der Waals surface area contributed by atoms with Crippen molar-refractivity contribution < 1.29 is 31.0 Å². The third kappa shape index (κ3) is 6.51. The van der Waals surface area contributed by atoms with E-state index in [0.29, 0.717) is 18.1 Å². The molecule has 2 aromatic rings. The number of rotatable bonds is 11. The molecule has 1 saturated carbocycles. The summed E-state index contributed by atoms with van der Waals surface area (Å²) < 4.78 is 74.0. The van der Waals surface area contributed by atoms with Crippen molar-refractivity contribution >= 4 is 20.0 Å². The Morgan fingerprint density at radius 1 is 0.895 bits per heavy atom. The molecular formula is C27H38N2O7S2. The number of nitrogens with one attached hydrogen (secondary N) is 1. The minimum atomic E-state index is -3.93. The molecule has 4 rings (SSSR count). The van der Waals surface area contributed by atoms with Crippen LogP contribution in [-0.4, -0.2) is 60.7 Å². The van der Waals surface area contributed by atoms with Gasteiger partial charge in [0.05, 0.1) is 30.1 Å². The molecule has 1 heterocycles. The lowest BCUT2D eigenvalue weighted by molar-refractivity contribution is 0.114. The average molecular weight is 567 g/mol. The van der Waals surface area contributed by atoms with Crippen molar-refractivity contribution in [3.8, 4) is 11.5 Å². The zero-order chi connectivity index (χ0) is 27.3. The minimum absolute atomic E-state index is 0.0203. The van der Waals surface area contributed by atoms with Crippen LogP contribution in [0.2, 0.25) is 0 Å². The molecule has 2 fully saturated rings. The van der Waals surface area contributed by atoms with Crippen LogP contribution in [0, 0.1) is 5.92 Å². The number of ether oxygens (including phenoxy) is 3. The monoisotopic (exact) mass is 566 g/mol.